The molecule has 0 radical (unpaired) electrons. The van der Waals surface area contributed by atoms with Crippen LogP contribution in [0.15, 0.2) is 12.2 Å². The van der Waals surface area contributed by atoms with Crippen LogP contribution in [0.4, 0.5) is 4.79 Å². The van der Waals surface area contributed by atoms with E-state index in [-0.39, 0.29) is 0 Å². The average Bonchev–Trinajstić information content (AvgIpc) is 1.99. The Balaban J connectivity index is 4.01. The molecule has 1 amide bonds. The van der Waals surface area contributed by atoms with E-state index >= 15 is 0 Å². The number of nitrogens with one attached hydrogen (secondary N) is 1. The van der Waals surface area contributed by atoms with E-state index in [2.05, 4.69) is 22.6 Å². The first-order chi connectivity index (χ1) is 5.11. The minimum atomic E-state index is -0.545. The van der Waals surface area contributed by atoms with Crippen molar-refractivity contribution in [3.8, 4) is 12.3 Å². The van der Waals surface area contributed by atoms with Gasteiger partial charge in [0.15, 0.2) is 0 Å². The number of carbonyl (C=O) groups is 1. The zero-order chi connectivity index (χ0) is 8.85. The van der Waals surface area contributed by atoms with Gasteiger partial charge in [0.05, 0.1) is 7.11 Å². The zero-order valence-corrected chi connectivity index (χ0v) is 6.68. The zero-order valence-electron chi connectivity index (χ0n) is 6.68. The Morgan fingerprint density at radius 3 is 2.64 bits per heavy atom. The van der Waals surface area contributed by atoms with E-state index in [1.54, 1.807) is 6.92 Å². The van der Waals surface area contributed by atoms with Crippen molar-refractivity contribution in [2.24, 2.45) is 0 Å². The first kappa shape index (κ1) is 9.57. The number of alkyl carbamates (subject to hydrolysis) is 1. The summed E-state index contributed by atoms with van der Waals surface area (Å²) < 4.78 is 4.35. The van der Waals surface area contributed by atoms with Crippen LogP contribution in [0.25, 0.3) is 0 Å². The van der Waals surface area contributed by atoms with Crippen molar-refractivity contribution in [2.45, 2.75) is 13.0 Å². The molecule has 0 bridgehead atoms. The van der Waals surface area contributed by atoms with Crippen LogP contribution in [0.3, 0.4) is 0 Å². The molecule has 0 saturated carbocycles. The summed E-state index contributed by atoms with van der Waals surface area (Å²) in [4.78, 5) is 10.6. The van der Waals surface area contributed by atoms with Gasteiger partial charge in [-0.1, -0.05) is 12.5 Å². The molecule has 3 heteroatoms. The third-order valence-electron chi connectivity index (χ3n) is 1.11. The maximum absolute atomic E-state index is 10.6. The molecule has 0 aromatic carbocycles. The van der Waals surface area contributed by atoms with Gasteiger partial charge in [-0.15, -0.1) is 6.42 Å². The largest absolute Gasteiger partial charge is 0.453 e. The highest BCUT2D eigenvalue weighted by atomic mass is 16.5. The lowest BCUT2D eigenvalue weighted by Crippen LogP contribution is -2.34. The van der Waals surface area contributed by atoms with Gasteiger partial charge in [-0.3, -0.25) is 0 Å². The molecule has 0 fully saturated rings. The highest BCUT2D eigenvalue weighted by Crippen LogP contribution is 1.95. The maximum Gasteiger partial charge on any atom is 0.408 e. The van der Waals surface area contributed by atoms with Crippen LogP contribution in [-0.2, 0) is 4.74 Å². The van der Waals surface area contributed by atoms with Crippen LogP contribution >= 0.6 is 0 Å². The summed E-state index contributed by atoms with van der Waals surface area (Å²) in [6.45, 7) is 5.34. The van der Waals surface area contributed by atoms with Crippen LogP contribution in [0.2, 0.25) is 0 Å². The number of ether oxygens (including phenoxy) is 1. The van der Waals surface area contributed by atoms with Gasteiger partial charge in [-0.2, -0.15) is 0 Å². The van der Waals surface area contributed by atoms with E-state index < -0.39 is 12.1 Å². The van der Waals surface area contributed by atoms with Crippen LogP contribution < -0.4 is 5.32 Å². The third-order valence-corrected chi connectivity index (χ3v) is 1.11. The van der Waals surface area contributed by atoms with Crippen LogP contribution in [0.5, 0.6) is 0 Å². The van der Waals surface area contributed by atoms with Crippen molar-refractivity contribution in [3.63, 3.8) is 0 Å². The Labute approximate surface area is 66.4 Å². The summed E-state index contributed by atoms with van der Waals surface area (Å²) >= 11 is 0. The van der Waals surface area contributed by atoms with E-state index in [1.807, 2.05) is 0 Å². The number of amides is 1. The van der Waals surface area contributed by atoms with Crippen LogP contribution in [0.1, 0.15) is 6.92 Å². The fraction of sp³-hybridized carbons (Fsp3) is 0.375. The molecule has 0 aliphatic rings. The number of carbonyl (C=O) groups excluding carboxylic acids is 1. The predicted molar refractivity (Wildman–Crippen MR) is 43.0 cm³/mol. The first-order valence-electron chi connectivity index (χ1n) is 3.07. The second-order valence-corrected chi connectivity index (χ2v) is 2.08. The SMILES string of the molecule is C#C[C@@H](NC(=O)OC)C(=C)C. The van der Waals surface area contributed by atoms with Gasteiger partial charge >= 0.3 is 6.09 Å². The van der Waals surface area contributed by atoms with Crippen molar-refractivity contribution in [3.05, 3.63) is 12.2 Å². The molecule has 0 spiro atoms. The average molecular weight is 153 g/mol. The Morgan fingerprint density at radius 2 is 2.36 bits per heavy atom. The minimum absolute atomic E-state index is 0.442. The number of hydrogen-bond acceptors (Lipinski definition) is 2. The number of hydrogen-bond donors (Lipinski definition) is 1. The number of terminal acetylenes is 1. The quantitative estimate of drug-likeness (QED) is 0.473. The molecule has 0 aromatic heterocycles. The van der Waals surface area contributed by atoms with Gasteiger partial charge in [-0.25, -0.2) is 4.79 Å². The van der Waals surface area contributed by atoms with E-state index in [9.17, 15) is 4.79 Å². The van der Waals surface area contributed by atoms with Crippen molar-refractivity contribution in [2.75, 3.05) is 7.11 Å². The molecule has 0 unspecified atom stereocenters. The molecule has 11 heavy (non-hydrogen) atoms. The summed E-state index contributed by atoms with van der Waals surface area (Å²) in [6.07, 6.45) is 4.55. The molecule has 1 atom stereocenters. The van der Waals surface area contributed by atoms with Gasteiger partial charge in [0, 0.05) is 0 Å². The maximum atomic E-state index is 10.6. The van der Waals surface area contributed by atoms with Crippen molar-refractivity contribution in [1.29, 1.82) is 0 Å². The monoisotopic (exact) mass is 153 g/mol. The van der Waals surface area contributed by atoms with Crippen LogP contribution in [0, 0.1) is 12.3 Å². The third kappa shape index (κ3) is 3.31. The van der Waals surface area contributed by atoms with Crippen LogP contribution in [-0.4, -0.2) is 19.2 Å². The molecule has 0 aliphatic carbocycles. The topological polar surface area (TPSA) is 38.3 Å². The molecular formula is C8H11NO2. The molecular weight excluding hydrogens is 142 g/mol. The summed E-state index contributed by atoms with van der Waals surface area (Å²) in [5, 5.41) is 2.42. The Hall–Kier alpha value is -1.43. The smallest absolute Gasteiger partial charge is 0.408 e. The summed E-state index contributed by atoms with van der Waals surface area (Å²) in [5.74, 6) is 2.36. The minimum Gasteiger partial charge on any atom is -0.453 e. The fourth-order valence-electron chi connectivity index (χ4n) is 0.484. The Kier molecular flexibility index (Phi) is 3.82. The van der Waals surface area contributed by atoms with Gasteiger partial charge < -0.3 is 10.1 Å². The predicted octanol–water partition coefficient (Wildman–Crippen LogP) is 0.920. The molecule has 60 valence electrons. The van der Waals surface area contributed by atoms with Gasteiger partial charge in [0.1, 0.15) is 6.04 Å². The lowest BCUT2D eigenvalue weighted by molar-refractivity contribution is 0.170. The second kappa shape index (κ2) is 4.40. The standard InChI is InChI=1S/C8H11NO2/c1-5-7(6(2)3)9-8(10)11-4/h1,7H,2H2,3-4H3,(H,9,10)/t7-/m1/s1. The highest BCUT2D eigenvalue weighted by Gasteiger charge is 2.08. The number of methoxy groups -OCH3 is 1. The molecule has 0 heterocycles. The van der Waals surface area contributed by atoms with Crippen molar-refractivity contribution in [1.82, 2.24) is 5.32 Å². The fourth-order valence-corrected chi connectivity index (χ4v) is 0.484. The number of rotatable bonds is 2. The summed E-state index contributed by atoms with van der Waals surface area (Å²) in [7, 11) is 1.28. The molecule has 0 aliphatic heterocycles. The Morgan fingerprint density at radius 1 is 1.82 bits per heavy atom. The molecule has 0 aromatic rings. The van der Waals surface area contributed by atoms with Crippen molar-refractivity contribution >= 4 is 6.09 Å². The van der Waals surface area contributed by atoms with Gasteiger partial charge in [0.25, 0.3) is 0 Å². The van der Waals surface area contributed by atoms with Gasteiger partial charge in [-0.05, 0) is 12.5 Å². The second-order valence-electron chi connectivity index (χ2n) is 2.08. The molecule has 1 N–H and O–H groups in total. The molecule has 0 rings (SSSR count). The lowest BCUT2D eigenvalue weighted by atomic mass is 10.2. The van der Waals surface area contributed by atoms with E-state index in [0.717, 1.165) is 0 Å². The van der Waals surface area contributed by atoms with E-state index in [4.69, 9.17) is 6.42 Å². The van der Waals surface area contributed by atoms with E-state index in [1.165, 1.54) is 7.11 Å². The first-order valence-corrected chi connectivity index (χ1v) is 3.07. The lowest BCUT2D eigenvalue weighted by Gasteiger charge is -2.10. The highest BCUT2D eigenvalue weighted by molar-refractivity contribution is 5.68. The molecule has 0 saturated heterocycles. The van der Waals surface area contributed by atoms with Crippen molar-refractivity contribution < 1.29 is 9.53 Å². The summed E-state index contributed by atoms with van der Waals surface area (Å²) in [5.41, 5.74) is 0.706. The van der Waals surface area contributed by atoms with Gasteiger partial charge in [0.2, 0.25) is 0 Å². The molecule has 3 nitrogen and oxygen atoms in total. The summed E-state index contributed by atoms with van der Waals surface area (Å²) in [6, 6.07) is -0.442. The van der Waals surface area contributed by atoms with E-state index in [0.29, 0.717) is 5.57 Å². The Bertz CT molecular complexity index is 203. The normalized spacial score (nSPS) is 11.0.